The molecule has 2 amide bonds. The third-order valence-corrected chi connectivity index (χ3v) is 6.75. The van der Waals surface area contributed by atoms with E-state index in [0.717, 1.165) is 43.3 Å². The second-order valence-electron chi connectivity index (χ2n) is 9.03. The molecule has 0 saturated carbocycles. The van der Waals surface area contributed by atoms with E-state index in [9.17, 15) is 9.59 Å². The number of anilines is 1. The maximum absolute atomic E-state index is 11.8. The highest BCUT2D eigenvalue weighted by atomic mass is 32.2. The van der Waals surface area contributed by atoms with Gasteiger partial charge in [-0.15, -0.1) is 0 Å². The summed E-state index contributed by atoms with van der Waals surface area (Å²) in [6.07, 6.45) is 4.60. The van der Waals surface area contributed by atoms with Crippen molar-refractivity contribution >= 4 is 35.0 Å². The van der Waals surface area contributed by atoms with E-state index >= 15 is 0 Å². The minimum absolute atomic E-state index is 0.0158. The van der Waals surface area contributed by atoms with Gasteiger partial charge in [0.1, 0.15) is 18.2 Å². The first-order chi connectivity index (χ1) is 17.9. The van der Waals surface area contributed by atoms with Gasteiger partial charge in [0.2, 0.25) is 11.8 Å². The van der Waals surface area contributed by atoms with Gasteiger partial charge >= 0.3 is 6.01 Å². The Morgan fingerprint density at radius 2 is 1.97 bits per heavy atom. The van der Waals surface area contributed by atoms with Crippen LogP contribution in [0.25, 0.3) is 6.08 Å². The molecular weight excluding hydrogens is 496 g/mol. The summed E-state index contributed by atoms with van der Waals surface area (Å²) in [5, 5.41) is 5.91. The van der Waals surface area contributed by atoms with Crippen molar-refractivity contribution in [2.24, 2.45) is 0 Å². The molecule has 2 aromatic heterocycles. The predicted octanol–water partition coefficient (Wildman–Crippen LogP) is 4.46. The molecule has 1 aromatic carbocycles. The SMILES string of the molecule is Cc1c(Oc2cccc(/C=C3/SC(=O)NC3=O)c2)ncnc1OC1CCN(c2nc(C(C)C)no2)CC1. The van der Waals surface area contributed by atoms with E-state index < -0.39 is 5.91 Å². The number of hydrogen-bond donors (Lipinski definition) is 1. The Morgan fingerprint density at radius 1 is 1.19 bits per heavy atom. The largest absolute Gasteiger partial charge is 0.474 e. The molecule has 2 aliphatic rings. The maximum atomic E-state index is 11.8. The van der Waals surface area contributed by atoms with Crippen molar-refractivity contribution in [3.8, 4) is 17.5 Å². The van der Waals surface area contributed by atoms with Crippen molar-refractivity contribution in [3.63, 3.8) is 0 Å². The molecule has 0 atom stereocenters. The van der Waals surface area contributed by atoms with E-state index in [1.165, 1.54) is 6.33 Å². The van der Waals surface area contributed by atoms with Crippen LogP contribution in [0.1, 0.15) is 49.6 Å². The highest BCUT2D eigenvalue weighted by molar-refractivity contribution is 8.18. The molecule has 5 rings (SSSR count). The standard InChI is InChI=1S/C25H26N6O5S/c1-14(2)20-28-24(36-30-20)31-9-7-17(8-10-31)34-22-15(3)23(27-13-26-22)35-18-6-4-5-16(11-18)12-19-21(32)29-25(33)37-19/h4-6,11-14,17H,7-10H2,1-3H3,(H,29,32,33)/b19-12+. The first kappa shape index (κ1) is 24.8. The fourth-order valence-corrected chi connectivity index (χ4v) is 4.59. The van der Waals surface area contributed by atoms with Gasteiger partial charge in [0, 0.05) is 31.8 Å². The number of benzene rings is 1. The highest BCUT2D eigenvalue weighted by Crippen LogP contribution is 2.31. The highest BCUT2D eigenvalue weighted by Gasteiger charge is 2.26. The molecule has 11 nitrogen and oxygen atoms in total. The number of hydrogen-bond acceptors (Lipinski definition) is 11. The van der Waals surface area contributed by atoms with Gasteiger partial charge in [0.25, 0.3) is 11.1 Å². The van der Waals surface area contributed by atoms with Crippen molar-refractivity contribution in [2.45, 2.75) is 45.6 Å². The zero-order chi connectivity index (χ0) is 25.9. The Morgan fingerprint density at radius 3 is 2.68 bits per heavy atom. The van der Waals surface area contributed by atoms with Gasteiger partial charge in [0.15, 0.2) is 5.82 Å². The van der Waals surface area contributed by atoms with Gasteiger partial charge in [-0.05, 0) is 42.5 Å². The molecular formula is C25H26N6O5S. The molecule has 3 aromatic rings. The van der Waals surface area contributed by atoms with E-state index in [0.29, 0.717) is 39.8 Å². The smallest absolute Gasteiger partial charge is 0.324 e. The van der Waals surface area contributed by atoms with Gasteiger partial charge in [-0.25, -0.2) is 9.97 Å². The van der Waals surface area contributed by atoms with Crippen molar-refractivity contribution in [1.82, 2.24) is 25.4 Å². The topological polar surface area (TPSA) is 133 Å². The number of amides is 2. The molecule has 1 N–H and O–H groups in total. The van der Waals surface area contributed by atoms with Crippen LogP contribution >= 0.6 is 11.8 Å². The fourth-order valence-electron chi connectivity index (χ4n) is 3.90. The first-order valence-electron chi connectivity index (χ1n) is 12.0. The molecule has 37 heavy (non-hydrogen) atoms. The summed E-state index contributed by atoms with van der Waals surface area (Å²) >= 11 is 0.869. The van der Waals surface area contributed by atoms with Crippen LogP contribution in [0.5, 0.6) is 17.5 Å². The lowest BCUT2D eigenvalue weighted by molar-refractivity contribution is -0.115. The van der Waals surface area contributed by atoms with E-state index in [2.05, 4.69) is 30.3 Å². The lowest BCUT2D eigenvalue weighted by Crippen LogP contribution is -2.38. The van der Waals surface area contributed by atoms with Crippen molar-refractivity contribution in [1.29, 1.82) is 0 Å². The zero-order valence-corrected chi connectivity index (χ0v) is 21.4. The molecule has 0 spiro atoms. The van der Waals surface area contributed by atoms with Gasteiger partial charge < -0.3 is 18.9 Å². The summed E-state index contributed by atoms with van der Waals surface area (Å²) < 4.78 is 17.6. The molecule has 0 unspecified atom stereocenters. The summed E-state index contributed by atoms with van der Waals surface area (Å²) in [6, 6.07) is 7.73. The van der Waals surface area contributed by atoms with Crippen molar-refractivity contribution in [2.75, 3.05) is 18.0 Å². The van der Waals surface area contributed by atoms with E-state index in [-0.39, 0.29) is 17.3 Å². The minimum Gasteiger partial charge on any atom is -0.474 e. The van der Waals surface area contributed by atoms with Gasteiger partial charge in [-0.1, -0.05) is 31.1 Å². The Hall–Kier alpha value is -3.93. The third kappa shape index (κ3) is 5.74. The van der Waals surface area contributed by atoms with Crippen LogP contribution in [-0.2, 0) is 4.79 Å². The number of nitrogens with one attached hydrogen (secondary N) is 1. The number of rotatable bonds is 7. The Kier molecular flexibility index (Phi) is 7.08. The van der Waals surface area contributed by atoms with Crippen molar-refractivity contribution in [3.05, 3.63) is 52.4 Å². The van der Waals surface area contributed by atoms with E-state index in [1.807, 2.05) is 26.8 Å². The summed E-state index contributed by atoms with van der Waals surface area (Å²) in [5.41, 5.74) is 1.41. The van der Waals surface area contributed by atoms with Crippen LogP contribution in [0.2, 0.25) is 0 Å². The van der Waals surface area contributed by atoms with E-state index in [4.69, 9.17) is 14.0 Å². The quantitative estimate of drug-likeness (QED) is 0.441. The van der Waals surface area contributed by atoms with Crippen LogP contribution in [0.15, 0.2) is 40.0 Å². The van der Waals surface area contributed by atoms with Crippen LogP contribution in [0.3, 0.4) is 0 Å². The molecule has 4 heterocycles. The lowest BCUT2D eigenvalue weighted by Gasteiger charge is -2.30. The average Bonchev–Trinajstić information content (AvgIpc) is 3.49. The van der Waals surface area contributed by atoms with Crippen LogP contribution < -0.4 is 19.7 Å². The molecule has 2 saturated heterocycles. The zero-order valence-electron chi connectivity index (χ0n) is 20.6. The number of aromatic nitrogens is 4. The molecule has 192 valence electrons. The normalized spacial score (nSPS) is 17.5. The number of carbonyl (C=O) groups is 2. The molecule has 0 aliphatic carbocycles. The second kappa shape index (κ2) is 10.6. The summed E-state index contributed by atoms with van der Waals surface area (Å²) in [6.45, 7) is 7.39. The predicted molar refractivity (Wildman–Crippen MR) is 137 cm³/mol. The van der Waals surface area contributed by atoms with Crippen LogP contribution in [0.4, 0.5) is 10.8 Å². The molecule has 2 aliphatic heterocycles. The Balaban J connectivity index is 1.22. The lowest BCUT2D eigenvalue weighted by atomic mass is 10.1. The molecule has 0 radical (unpaired) electrons. The maximum Gasteiger partial charge on any atom is 0.324 e. The Labute approximate surface area is 217 Å². The van der Waals surface area contributed by atoms with Crippen molar-refractivity contribution < 1.29 is 23.6 Å². The number of nitrogens with zero attached hydrogens (tertiary/aromatic N) is 5. The minimum atomic E-state index is -0.405. The number of piperidine rings is 1. The number of thioether (sulfide) groups is 1. The summed E-state index contributed by atoms with van der Waals surface area (Å²) in [7, 11) is 0. The Bertz CT molecular complexity index is 1350. The van der Waals surface area contributed by atoms with Gasteiger partial charge in [0.05, 0.1) is 10.5 Å². The van der Waals surface area contributed by atoms with Gasteiger partial charge in [-0.2, -0.15) is 4.98 Å². The monoisotopic (exact) mass is 522 g/mol. The van der Waals surface area contributed by atoms with Gasteiger partial charge in [-0.3, -0.25) is 14.9 Å². The molecule has 12 heteroatoms. The average molecular weight is 523 g/mol. The summed E-state index contributed by atoms with van der Waals surface area (Å²) in [4.78, 5) is 38.7. The fraction of sp³-hybridized carbons (Fsp3) is 0.360. The third-order valence-electron chi connectivity index (χ3n) is 5.94. The van der Waals surface area contributed by atoms with E-state index in [1.54, 1.807) is 24.3 Å². The molecule has 2 fully saturated rings. The first-order valence-corrected chi connectivity index (χ1v) is 12.8. The number of carbonyl (C=O) groups excluding carboxylic acids is 2. The van der Waals surface area contributed by atoms with Crippen LogP contribution in [0, 0.1) is 6.92 Å². The van der Waals surface area contributed by atoms with Crippen LogP contribution in [-0.4, -0.2) is 50.4 Å². The number of imide groups is 1. The number of ether oxygens (including phenoxy) is 2. The molecule has 0 bridgehead atoms. The second-order valence-corrected chi connectivity index (χ2v) is 10.0. The summed E-state index contributed by atoms with van der Waals surface area (Å²) in [5.74, 6) is 1.90.